The van der Waals surface area contributed by atoms with Gasteiger partial charge in [-0.05, 0) is 0 Å². The predicted molar refractivity (Wildman–Crippen MR) is 56.5 cm³/mol. The van der Waals surface area contributed by atoms with Gasteiger partial charge < -0.3 is 15.2 Å². The summed E-state index contributed by atoms with van der Waals surface area (Å²) in [6.07, 6.45) is 0.0737. The first-order valence-electron chi connectivity index (χ1n) is 5.00. The third kappa shape index (κ3) is 3.64. The van der Waals surface area contributed by atoms with Crippen molar-refractivity contribution < 1.29 is 9.47 Å². The Morgan fingerprint density at radius 1 is 1.43 bits per heavy atom. The number of aliphatic imine (C=N–C) groups is 1. The predicted octanol–water partition coefficient (Wildman–Crippen LogP) is 0.805. The molecule has 0 amide bonds. The van der Waals surface area contributed by atoms with Gasteiger partial charge in [0.05, 0.1) is 32.2 Å². The zero-order valence-corrected chi connectivity index (χ0v) is 9.25. The first-order valence-corrected chi connectivity index (χ1v) is 5.00. The summed E-state index contributed by atoms with van der Waals surface area (Å²) in [7, 11) is 0. The highest BCUT2D eigenvalue weighted by atomic mass is 16.6. The highest BCUT2D eigenvalue weighted by Gasteiger charge is 2.17. The number of amidine groups is 1. The number of ether oxygens (including phenoxy) is 2. The molecule has 1 saturated heterocycles. The molecule has 2 N–H and O–H groups in total. The van der Waals surface area contributed by atoms with Gasteiger partial charge in [0.25, 0.3) is 0 Å². The van der Waals surface area contributed by atoms with Crippen LogP contribution in [0.25, 0.3) is 0 Å². The highest BCUT2D eigenvalue weighted by Crippen LogP contribution is 2.13. The van der Waals surface area contributed by atoms with Gasteiger partial charge in [-0.25, -0.2) is 0 Å². The molecule has 1 unspecified atom stereocenters. The van der Waals surface area contributed by atoms with E-state index in [1.54, 1.807) is 0 Å². The SMILES string of the molecule is CC(C)(C)C(N)=NCC1COCCO1. The van der Waals surface area contributed by atoms with Gasteiger partial charge in [0.15, 0.2) is 0 Å². The maximum Gasteiger partial charge on any atom is 0.100 e. The average Bonchev–Trinajstić information content (AvgIpc) is 2.14. The molecule has 0 saturated carbocycles. The van der Waals surface area contributed by atoms with Crippen LogP contribution < -0.4 is 5.73 Å². The van der Waals surface area contributed by atoms with Gasteiger partial charge in [-0.2, -0.15) is 0 Å². The van der Waals surface area contributed by atoms with Crippen LogP contribution in [-0.4, -0.2) is 38.3 Å². The van der Waals surface area contributed by atoms with E-state index >= 15 is 0 Å². The highest BCUT2D eigenvalue weighted by molar-refractivity contribution is 5.85. The molecule has 0 aliphatic carbocycles. The second-order valence-electron chi connectivity index (χ2n) is 4.54. The van der Waals surface area contributed by atoms with Gasteiger partial charge in [0.1, 0.15) is 6.10 Å². The summed E-state index contributed by atoms with van der Waals surface area (Å²) in [5, 5.41) is 0. The Morgan fingerprint density at radius 3 is 2.64 bits per heavy atom. The van der Waals surface area contributed by atoms with Crippen LogP contribution in [0.3, 0.4) is 0 Å². The molecule has 1 heterocycles. The Morgan fingerprint density at radius 2 is 2.14 bits per heavy atom. The Hall–Kier alpha value is -0.610. The topological polar surface area (TPSA) is 56.8 Å². The molecule has 4 heteroatoms. The van der Waals surface area contributed by atoms with Crippen LogP contribution in [-0.2, 0) is 9.47 Å². The lowest BCUT2D eigenvalue weighted by atomic mass is 9.95. The molecule has 14 heavy (non-hydrogen) atoms. The van der Waals surface area contributed by atoms with Crippen LogP contribution in [0.1, 0.15) is 20.8 Å². The van der Waals surface area contributed by atoms with Gasteiger partial charge in [-0.3, -0.25) is 4.99 Å². The normalized spacial score (nSPS) is 25.1. The van der Waals surface area contributed by atoms with E-state index in [0.717, 1.165) is 0 Å². The Balaban J connectivity index is 2.37. The summed E-state index contributed by atoms with van der Waals surface area (Å²) in [6.45, 7) is 8.72. The molecular weight excluding hydrogens is 180 g/mol. The molecule has 0 spiro atoms. The number of hydrogen-bond donors (Lipinski definition) is 1. The Labute approximate surface area is 85.5 Å². The average molecular weight is 200 g/mol. The van der Waals surface area contributed by atoms with E-state index in [9.17, 15) is 0 Å². The van der Waals surface area contributed by atoms with Crippen molar-refractivity contribution in [1.82, 2.24) is 0 Å². The number of nitrogens with zero attached hydrogens (tertiary/aromatic N) is 1. The number of rotatable bonds is 2. The van der Waals surface area contributed by atoms with Gasteiger partial charge >= 0.3 is 0 Å². The standard InChI is InChI=1S/C10H20N2O2/c1-10(2,3)9(11)12-6-8-7-13-4-5-14-8/h8H,4-7H2,1-3H3,(H2,11,12). The summed E-state index contributed by atoms with van der Waals surface area (Å²) in [5.41, 5.74) is 5.76. The van der Waals surface area contributed by atoms with Gasteiger partial charge in [0.2, 0.25) is 0 Å². The molecule has 1 atom stereocenters. The van der Waals surface area contributed by atoms with Crippen molar-refractivity contribution in [3.05, 3.63) is 0 Å². The minimum absolute atomic E-state index is 0.0600. The summed E-state index contributed by atoms with van der Waals surface area (Å²) >= 11 is 0. The van der Waals surface area contributed by atoms with Crippen LogP contribution >= 0.6 is 0 Å². The second kappa shape index (κ2) is 4.75. The summed E-state index contributed by atoms with van der Waals surface area (Å²) in [6, 6.07) is 0. The second-order valence-corrected chi connectivity index (χ2v) is 4.54. The molecule has 0 aromatic heterocycles. The fourth-order valence-corrected chi connectivity index (χ4v) is 1.08. The molecule has 0 bridgehead atoms. The van der Waals surface area contributed by atoms with E-state index in [4.69, 9.17) is 15.2 Å². The minimum atomic E-state index is -0.0600. The van der Waals surface area contributed by atoms with Crippen LogP contribution in [0.2, 0.25) is 0 Å². The minimum Gasteiger partial charge on any atom is -0.387 e. The third-order valence-corrected chi connectivity index (χ3v) is 2.12. The fraction of sp³-hybridized carbons (Fsp3) is 0.900. The van der Waals surface area contributed by atoms with Crippen molar-refractivity contribution in [1.29, 1.82) is 0 Å². The number of nitrogens with two attached hydrogens (primary N) is 1. The van der Waals surface area contributed by atoms with Crippen LogP contribution in [0.5, 0.6) is 0 Å². The zero-order valence-electron chi connectivity index (χ0n) is 9.25. The van der Waals surface area contributed by atoms with Crippen LogP contribution in [0.4, 0.5) is 0 Å². The van der Waals surface area contributed by atoms with Crippen molar-refractivity contribution in [2.75, 3.05) is 26.4 Å². The number of hydrogen-bond acceptors (Lipinski definition) is 3. The Kier molecular flexibility index (Phi) is 3.89. The van der Waals surface area contributed by atoms with Crippen molar-refractivity contribution in [3.8, 4) is 0 Å². The van der Waals surface area contributed by atoms with Gasteiger partial charge in [0, 0.05) is 5.41 Å². The first kappa shape index (κ1) is 11.5. The van der Waals surface area contributed by atoms with Gasteiger partial charge in [-0.1, -0.05) is 20.8 Å². The molecule has 0 aromatic rings. The summed E-state index contributed by atoms with van der Waals surface area (Å²) < 4.78 is 10.7. The quantitative estimate of drug-likeness (QED) is 0.530. The van der Waals surface area contributed by atoms with E-state index in [2.05, 4.69) is 4.99 Å². The van der Waals surface area contributed by atoms with Crippen molar-refractivity contribution in [2.24, 2.45) is 16.1 Å². The fourth-order valence-electron chi connectivity index (χ4n) is 1.08. The molecule has 82 valence electrons. The maximum atomic E-state index is 5.82. The lowest BCUT2D eigenvalue weighted by molar-refractivity contribution is -0.0833. The van der Waals surface area contributed by atoms with E-state index < -0.39 is 0 Å². The molecule has 0 radical (unpaired) electrons. The van der Waals surface area contributed by atoms with Gasteiger partial charge in [-0.15, -0.1) is 0 Å². The smallest absolute Gasteiger partial charge is 0.100 e. The molecule has 1 rings (SSSR count). The molecule has 1 aliphatic heterocycles. The summed E-state index contributed by atoms with van der Waals surface area (Å²) in [5.74, 6) is 0.673. The van der Waals surface area contributed by atoms with Crippen molar-refractivity contribution in [3.63, 3.8) is 0 Å². The molecule has 4 nitrogen and oxygen atoms in total. The molecule has 1 aliphatic rings. The monoisotopic (exact) mass is 200 g/mol. The van der Waals surface area contributed by atoms with Crippen molar-refractivity contribution in [2.45, 2.75) is 26.9 Å². The Bertz CT molecular complexity index is 203. The van der Waals surface area contributed by atoms with Crippen LogP contribution in [0, 0.1) is 5.41 Å². The largest absolute Gasteiger partial charge is 0.387 e. The third-order valence-electron chi connectivity index (χ3n) is 2.12. The molecular formula is C10H20N2O2. The zero-order chi connectivity index (χ0) is 10.6. The van der Waals surface area contributed by atoms with Crippen LogP contribution in [0.15, 0.2) is 4.99 Å². The lowest BCUT2D eigenvalue weighted by Crippen LogP contribution is -2.34. The molecule has 1 fully saturated rings. The first-order chi connectivity index (χ1) is 6.50. The lowest BCUT2D eigenvalue weighted by Gasteiger charge is -2.23. The maximum absolute atomic E-state index is 5.82. The summed E-state index contributed by atoms with van der Waals surface area (Å²) in [4.78, 5) is 4.31. The van der Waals surface area contributed by atoms with E-state index in [1.165, 1.54) is 0 Å². The van der Waals surface area contributed by atoms with E-state index in [-0.39, 0.29) is 11.5 Å². The molecule has 0 aromatic carbocycles. The van der Waals surface area contributed by atoms with Crippen molar-refractivity contribution >= 4 is 5.84 Å². The van der Waals surface area contributed by atoms with E-state index in [0.29, 0.717) is 32.2 Å². The van der Waals surface area contributed by atoms with E-state index in [1.807, 2.05) is 20.8 Å².